The van der Waals surface area contributed by atoms with Crippen molar-refractivity contribution in [3.05, 3.63) is 35.9 Å². The van der Waals surface area contributed by atoms with Gasteiger partial charge in [0.05, 0.1) is 11.5 Å². The lowest BCUT2D eigenvalue weighted by Crippen LogP contribution is -2.55. The Morgan fingerprint density at radius 3 is 2.46 bits per heavy atom. The zero-order valence-corrected chi connectivity index (χ0v) is 20.3. The van der Waals surface area contributed by atoms with Gasteiger partial charge >= 0.3 is 12.1 Å². The number of hydroxylamine groups is 2. The zero-order valence-electron chi connectivity index (χ0n) is 20.3. The van der Waals surface area contributed by atoms with Crippen molar-refractivity contribution >= 4 is 23.9 Å². The monoisotopic (exact) mass is 487 g/mol. The fourth-order valence-electron chi connectivity index (χ4n) is 4.31. The molecule has 2 saturated heterocycles. The largest absolute Gasteiger partial charge is 0.444 e. The van der Waals surface area contributed by atoms with E-state index in [0.717, 1.165) is 5.56 Å². The van der Waals surface area contributed by atoms with Crippen molar-refractivity contribution in [2.75, 3.05) is 13.1 Å². The number of nitrogens with zero attached hydrogens (tertiary/aromatic N) is 2. The highest BCUT2D eigenvalue weighted by atomic mass is 16.7. The topological polar surface area (TPSA) is 129 Å². The Bertz CT molecular complexity index is 974. The van der Waals surface area contributed by atoms with E-state index >= 15 is 0 Å². The first-order valence-corrected chi connectivity index (χ1v) is 11.9. The molecule has 35 heavy (non-hydrogen) atoms. The Labute approximate surface area is 204 Å². The number of nitrogens with one attached hydrogen (secondary N) is 3. The summed E-state index contributed by atoms with van der Waals surface area (Å²) >= 11 is 0. The third kappa shape index (κ3) is 5.84. The zero-order chi connectivity index (χ0) is 25.2. The maximum atomic E-state index is 12.9. The minimum Gasteiger partial charge on any atom is -0.444 e. The quantitative estimate of drug-likeness (QED) is 0.504. The second-order valence-corrected chi connectivity index (χ2v) is 10.3. The molecule has 0 spiro atoms. The molecule has 2 bridgehead atoms. The minimum atomic E-state index is -0.770. The van der Waals surface area contributed by atoms with Crippen molar-refractivity contribution in [3.8, 4) is 0 Å². The molecular weight excluding hydrogens is 454 g/mol. The number of carbonyl (C=O) groups is 4. The van der Waals surface area contributed by atoms with Gasteiger partial charge in [-0.05, 0) is 52.0 Å². The third-order valence-corrected chi connectivity index (χ3v) is 6.44. The summed E-state index contributed by atoms with van der Waals surface area (Å²) in [6.45, 7) is 6.05. The molecule has 2 unspecified atom stereocenters. The molecule has 190 valence electrons. The van der Waals surface area contributed by atoms with Gasteiger partial charge in [-0.2, -0.15) is 5.06 Å². The number of rotatable bonds is 7. The van der Waals surface area contributed by atoms with Gasteiger partial charge in [-0.15, -0.1) is 0 Å². The van der Waals surface area contributed by atoms with Gasteiger partial charge in [0.2, 0.25) is 5.91 Å². The highest BCUT2D eigenvalue weighted by Gasteiger charge is 2.51. The molecule has 11 heteroatoms. The van der Waals surface area contributed by atoms with E-state index in [1.54, 1.807) is 20.8 Å². The standard InChI is InChI=1S/C24H33N5O6/c1-23(2,3)35-21(32)25-15-24(11-12-24)20(31)27-26-19(30)18-10-9-17-13-28(18)22(33)29(17)34-14-16-7-5-4-6-8-16/h4-8,17-18H,9-15H2,1-3H3,(H,25,32)(H,26,30)(H,27,31). The maximum Gasteiger partial charge on any atom is 0.407 e. The van der Waals surface area contributed by atoms with Gasteiger partial charge in [0, 0.05) is 13.1 Å². The fraction of sp³-hybridized carbons (Fsp3) is 0.583. The number of hydrogen-bond acceptors (Lipinski definition) is 6. The second-order valence-electron chi connectivity index (χ2n) is 10.3. The average Bonchev–Trinajstić information content (AvgIpc) is 3.57. The molecule has 3 fully saturated rings. The van der Waals surface area contributed by atoms with Gasteiger partial charge < -0.3 is 15.0 Å². The van der Waals surface area contributed by atoms with E-state index in [9.17, 15) is 19.2 Å². The van der Waals surface area contributed by atoms with Crippen molar-refractivity contribution in [3.63, 3.8) is 0 Å². The Morgan fingerprint density at radius 1 is 1.09 bits per heavy atom. The molecule has 1 saturated carbocycles. The molecule has 2 aliphatic heterocycles. The van der Waals surface area contributed by atoms with Crippen molar-refractivity contribution < 1.29 is 28.8 Å². The van der Waals surface area contributed by atoms with Gasteiger partial charge in [-0.3, -0.25) is 25.3 Å². The first-order valence-electron chi connectivity index (χ1n) is 11.9. The number of hydrogen-bond donors (Lipinski definition) is 3. The number of amides is 5. The van der Waals surface area contributed by atoms with E-state index in [0.29, 0.717) is 32.2 Å². The molecule has 0 radical (unpaired) electrons. The van der Waals surface area contributed by atoms with E-state index in [1.165, 1.54) is 9.96 Å². The lowest BCUT2D eigenvalue weighted by molar-refractivity contribution is -0.140. The van der Waals surface area contributed by atoms with Crippen molar-refractivity contribution in [2.24, 2.45) is 5.41 Å². The number of alkyl carbamates (subject to hydrolysis) is 1. The van der Waals surface area contributed by atoms with Gasteiger partial charge in [-0.25, -0.2) is 9.59 Å². The summed E-state index contributed by atoms with van der Waals surface area (Å²) in [6, 6.07) is 8.39. The van der Waals surface area contributed by atoms with Crippen LogP contribution < -0.4 is 16.2 Å². The Balaban J connectivity index is 1.25. The Kier molecular flexibility index (Phi) is 6.88. The predicted octanol–water partition coefficient (Wildman–Crippen LogP) is 1.84. The van der Waals surface area contributed by atoms with Gasteiger partial charge in [0.15, 0.2) is 0 Å². The van der Waals surface area contributed by atoms with Crippen molar-refractivity contribution in [1.29, 1.82) is 0 Å². The summed E-state index contributed by atoms with van der Waals surface area (Å²) < 4.78 is 5.20. The summed E-state index contributed by atoms with van der Waals surface area (Å²) in [7, 11) is 0. The van der Waals surface area contributed by atoms with E-state index in [4.69, 9.17) is 9.57 Å². The van der Waals surface area contributed by atoms with E-state index < -0.39 is 29.1 Å². The van der Waals surface area contributed by atoms with Crippen molar-refractivity contribution in [1.82, 2.24) is 26.1 Å². The van der Waals surface area contributed by atoms with Crippen LogP contribution in [0.25, 0.3) is 0 Å². The lowest BCUT2D eigenvalue weighted by atomic mass is 10.0. The summed E-state index contributed by atoms with van der Waals surface area (Å²) in [5, 5.41) is 3.98. The van der Waals surface area contributed by atoms with Crippen LogP contribution in [0.5, 0.6) is 0 Å². The highest BCUT2D eigenvalue weighted by Crippen LogP contribution is 2.45. The molecule has 3 aliphatic rings. The van der Waals surface area contributed by atoms with Gasteiger partial charge in [-0.1, -0.05) is 30.3 Å². The first-order chi connectivity index (χ1) is 16.6. The van der Waals surface area contributed by atoms with Crippen LogP contribution in [0.2, 0.25) is 0 Å². The fourth-order valence-corrected chi connectivity index (χ4v) is 4.31. The number of piperidine rings is 1. The smallest absolute Gasteiger partial charge is 0.407 e. The molecular formula is C24H33N5O6. The number of benzene rings is 1. The normalized spacial score (nSPS) is 22.4. The molecule has 1 aromatic rings. The number of urea groups is 1. The number of carbonyl (C=O) groups excluding carboxylic acids is 4. The molecule has 1 aliphatic carbocycles. The molecule has 2 atom stereocenters. The number of ether oxygens (including phenoxy) is 1. The second kappa shape index (κ2) is 9.73. The third-order valence-electron chi connectivity index (χ3n) is 6.44. The van der Waals surface area contributed by atoms with E-state index in [2.05, 4.69) is 16.2 Å². The first kappa shape index (κ1) is 24.8. The molecule has 5 amide bonds. The van der Waals surface area contributed by atoms with E-state index in [-0.39, 0.29) is 31.1 Å². The van der Waals surface area contributed by atoms with Crippen LogP contribution in [0.3, 0.4) is 0 Å². The number of fused-ring (bicyclic) bond motifs is 2. The molecule has 11 nitrogen and oxygen atoms in total. The van der Waals surface area contributed by atoms with Crippen LogP contribution in [-0.2, 0) is 25.8 Å². The molecule has 0 aromatic heterocycles. The summed E-state index contributed by atoms with van der Waals surface area (Å²) in [5.41, 5.74) is 4.48. The van der Waals surface area contributed by atoms with Crippen LogP contribution in [0.1, 0.15) is 52.0 Å². The predicted molar refractivity (Wildman–Crippen MR) is 124 cm³/mol. The molecule has 4 rings (SSSR count). The van der Waals surface area contributed by atoms with Crippen LogP contribution in [0, 0.1) is 5.41 Å². The number of hydrazine groups is 1. The Morgan fingerprint density at radius 2 is 1.80 bits per heavy atom. The van der Waals surface area contributed by atoms with Crippen molar-refractivity contribution in [2.45, 2.75) is 70.7 Å². The summed E-state index contributed by atoms with van der Waals surface area (Å²) in [6.07, 6.45) is 1.67. The van der Waals surface area contributed by atoms with Gasteiger partial charge in [0.1, 0.15) is 18.2 Å². The van der Waals surface area contributed by atoms with E-state index in [1.807, 2.05) is 30.3 Å². The maximum absolute atomic E-state index is 12.9. The molecule has 1 aromatic carbocycles. The SMILES string of the molecule is CC(C)(C)OC(=O)NCC1(C(=O)NNC(=O)C2CCC3CN2C(=O)N3OCc2ccccc2)CC1. The molecule has 3 N–H and O–H groups in total. The van der Waals surface area contributed by atoms with Gasteiger partial charge in [0.25, 0.3) is 5.91 Å². The molecule has 2 heterocycles. The van der Waals surface area contributed by atoms with Crippen LogP contribution in [-0.4, -0.2) is 64.7 Å². The summed E-state index contributed by atoms with van der Waals surface area (Å²) in [4.78, 5) is 57.5. The van der Waals surface area contributed by atoms with Crippen LogP contribution in [0.4, 0.5) is 9.59 Å². The Hall–Kier alpha value is -3.34. The minimum absolute atomic E-state index is 0.112. The average molecular weight is 488 g/mol. The highest BCUT2D eigenvalue weighted by molar-refractivity contribution is 5.92. The summed E-state index contributed by atoms with van der Waals surface area (Å²) in [5.74, 6) is -0.831. The van der Waals surface area contributed by atoms with Crippen LogP contribution >= 0.6 is 0 Å². The van der Waals surface area contributed by atoms with Crippen LogP contribution in [0.15, 0.2) is 30.3 Å². The lowest BCUT2D eigenvalue weighted by Gasteiger charge is -2.29.